The fourth-order valence-electron chi connectivity index (χ4n) is 2.76. The molecule has 0 spiro atoms. The van der Waals surface area contributed by atoms with Crippen LogP contribution in [0.1, 0.15) is 29.3 Å². The van der Waals surface area contributed by atoms with Crippen LogP contribution in [-0.4, -0.2) is 39.9 Å². The van der Waals surface area contributed by atoms with Gasteiger partial charge in [-0.2, -0.15) is 5.10 Å². The summed E-state index contributed by atoms with van der Waals surface area (Å²) in [5.41, 5.74) is 2.45. The second kappa shape index (κ2) is 8.94. The minimum Gasteiger partial charge on any atom is -0.466 e. The molecule has 0 bridgehead atoms. The number of carbonyl (C=O) groups is 2. The lowest BCUT2D eigenvalue weighted by atomic mass is 10.1. The molecule has 7 nitrogen and oxygen atoms in total. The zero-order valence-electron chi connectivity index (χ0n) is 15.7. The third-order valence-corrected chi connectivity index (χ3v) is 4.19. The van der Waals surface area contributed by atoms with E-state index < -0.39 is 18.0 Å². The molecule has 0 aliphatic carbocycles. The topological polar surface area (TPSA) is 83.3 Å². The van der Waals surface area contributed by atoms with Gasteiger partial charge in [0.1, 0.15) is 11.3 Å². The molecule has 0 amide bonds. The Morgan fingerprint density at radius 1 is 1.14 bits per heavy atom. The van der Waals surface area contributed by atoms with Crippen LogP contribution >= 0.6 is 0 Å². The molecule has 0 saturated carbocycles. The van der Waals surface area contributed by atoms with E-state index in [1.165, 1.54) is 7.11 Å². The molecule has 1 atom stereocenters. The van der Waals surface area contributed by atoms with Crippen LogP contribution < -0.4 is 0 Å². The van der Waals surface area contributed by atoms with Crippen molar-refractivity contribution in [3.8, 4) is 11.3 Å². The van der Waals surface area contributed by atoms with E-state index in [-0.39, 0.29) is 5.56 Å². The third kappa shape index (κ3) is 4.43. The average molecular weight is 379 g/mol. The van der Waals surface area contributed by atoms with E-state index in [0.29, 0.717) is 24.2 Å². The van der Waals surface area contributed by atoms with E-state index in [4.69, 9.17) is 9.47 Å². The molecule has 28 heavy (non-hydrogen) atoms. The van der Waals surface area contributed by atoms with Crippen LogP contribution in [0.3, 0.4) is 0 Å². The number of benzene rings is 1. The highest BCUT2D eigenvalue weighted by Crippen LogP contribution is 2.23. The number of hydrogen-bond donors (Lipinski definition) is 0. The largest absolute Gasteiger partial charge is 0.466 e. The van der Waals surface area contributed by atoms with E-state index >= 15 is 0 Å². The lowest BCUT2D eigenvalue weighted by Crippen LogP contribution is -2.27. The van der Waals surface area contributed by atoms with Crippen molar-refractivity contribution >= 4 is 11.9 Å². The van der Waals surface area contributed by atoms with Gasteiger partial charge in [0.2, 0.25) is 0 Å². The summed E-state index contributed by atoms with van der Waals surface area (Å²) in [4.78, 5) is 28.7. The lowest BCUT2D eigenvalue weighted by molar-refractivity contribution is -0.151. The zero-order valence-corrected chi connectivity index (χ0v) is 15.7. The van der Waals surface area contributed by atoms with Gasteiger partial charge in [0.15, 0.2) is 6.10 Å². The number of hydrogen-bond acceptors (Lipinski definition) is 6. The van der Waals surface area contributed by atoms with Crippen LogP contribution in [0.25, 0.3) is 11.3 Å². The van der Waals surface area contributed by atoms with Crippen molar-refractivity contribution in [2.75, 3.05) is 7.11 Å². The molecule has 0 aliphatic rings. The highest BCUT2D eigenvalue weighted by atomic mass is 16.6. The van der Waals surface area contributed by atoms with E-state index in [9.17, 15) is 9.59 Å². The molecule has 3 rings (SSSR count). The average Bonchev–Trinajstić information content (AvgIpc) is 3.16. The Morgan fingerprint density at radius 2 is 1.93 bits per heavy atom. The van der Waals surface area contributed by atoms with E-state index in [1.54, 1.807) is 36.3 Å². The second-order valence-corrected chi connectivity index (χ2v) is 6.14. The van der Waals surface area contributed by atoms with Gasteiger partial charge in [0.25, 0.3) is 0 Å². The molecule has 2 heterocycles. The van der Waals surface area contributed by atoms with Gasteiger partial charge < -0.3 is 9.47 Å². The first-order chi connectivity index (χ1) is 13.6. The summed E-state index contributed by atoms with van der Waals surface area (Å²) in [7, 11) is 1.26. The molecule has 2 aromatic heterocycles. The number of ether oxygens (including phenoxy) is 2. The van der Waals surface area contributed by atoms with Crippen LogP contribution in [0, 0.1) is 0 Å². The minimum atomic E-state index is -0.961. The van der Waals surface area contributed by atoms with Gasteiger partial charge >= 0.3 is 11.9 Å². The van der Waals surface area contributed by atoms with E-state index in [2.05, 4.69) is 10.1 Å². The summed E-state index contributed by atoms with van der Waals surface area (Å²) >= 11 is 0. The number of aromatic nitrogens is 3. The van der Waals surface area contributed by atoms with Crippen molar-refractivity contribution < 1.29 is 19.1 Å². The maximum absolute atomic E-state index is 12.8. The summed E-state index contributed by atoms with van der Waals surface area (Å²) in [5.74, 6) is -1.22. The SMILES string of the molecule is CC[C@@H](OC(=O)c1cn(Cc2ccccc2)nc1-c1cccnc1)C(=O)OC. The van der Waals surface area contributed by atoms with Crippen molar-refractivity contribution in [3.63, 3.8) is 0 Å². The van der Waals surface area contributed by atoms with Crippen molar-refractivity contribution in [1.29, 1.82) is 0 Å². The molecule has 7 heteroatoms. The summed E-state index contributed by atoms with van der Waals surface area (Å²) in [6.07, 6.45) is 4.26. The molecule has 0 aliphatic heterocycles. The monoisotopic (exact) mass is 379 g/mol. The van der Waals surface area contributed by atoms with Crippen molar-refractivity contribution in [2.24, 2.45) is 0 Å². The molecular formula is C21H21N3O4. The van der Waals surface area contributed by atoms with Gasteiger partial charge in [0, 0.05) is 24.2 Å². The first-order valence-electron chi connectivity index (χ1n) is 8.93. The highest BCUT2D eigenvalue weighted by Gasteiger charge is 2.26. The third-order valence-electron chi connectivity index (χ3n) is 4.19. The molecule has 0 saturated heterocycles. The Morgan fingerprint density at radius 3 is 2.57 bits per heavy atom. The predicted molar refractivity (Wildman–Crippen MR) is 103 cm³/mol. The Labute approximate surface area is 162 Å². The molecule has 1 aromatic carbocycles. The maximum Gasteiger partial charge on any atom is 0.347 e. The molecule has 144 valence electrons. The molecule has 0 fully saturated rings. The standard InChI is InChI=1S/C21H21N3O4/c1-3-18(21(26)27-2)28-20(25)17-14-24(13-15-8-5-4-6-9-15)23-19(17)16-10-7-11-22-12-16/h4-12,14,18H,3,13H2,1-2H3/t18-/m1/s1. The van der Waals surface area contributed by atoms with Gasteiger partial charge in [0.05, 0.1) is 13.7 Å². The Bertz CT molecular complexity index is 939. The van der Waals surface area contributed by atoms with Crippen molar-refractivity contribution in [2.45, 2.75) is 26.0 Å². The smallest absolute Gasteiger partial charge is 0.347 e. The summed E-state index contributed by atoms with van der Waals surface area (Å²) in [6, 6.07) is 13.4. The molecular weight excluding hydrogens is 358 g/mol. The number of carbonyl (C=O) groups excluding carboxylic acids is 2. The quantitative estimate of drug-likeness (QED) is 0.587. The minimum absolute atomic E-state index is 0.270. The van der Waals surface area contributed by atoms with Crippen molar-refractivity contribution in [1.82, 2.24) is 14.8 Å². The number of pyridine rings is 1. The van der Waals surface area contributed by atoms with Crippen LogP contribution in [-0.2, 0) is 20.8 Å². The number of rotatable bonds is 7. The number of nitrogens with zero attached hydrogens (tertiary/aromatic N) is 3. The molecule has 3 aromatic rings. The van der Waals surface area contributed by atoms with Crippen LogP contribution in [0.5, 0.6) is 0 Å². The Hall–Kier alpha value is -3.48. The highest BCUT2D eigenvalue weighted by molar-refractivity contribution is 5.97. The first kappa shape index (κ1) is 19.3. The van der Waals surface area contributed by atoms with Crippen LogP contribution in [0.15, 0.2) is 61.1 Å². The fourth-order valence-corrected chi connectivity index (χ4v) is 2.76. The second-order valence-electron chi connectivity index (χ2n) is 6.14. The van der Waals surface area contributed by atoms with Gasteiger partial charge in [-0.1, -0.05) is 37.3 Å². The van der Waals surface area contributed by atoms with Gasteiger partial charge in [-0.15, -0.1) is 0 Å². The van der Waals surface area contributed by atoms with Crippen LogP contribution in [0.2, 0.25) is 0 Å². The maximum atomic E-state index is 12.8. The summed E-state index contributed by atoms with van der Waals surface area (Å²) in [6.45, 7) is 2.24. The number of esters is 2. The summed E-state index contributed by atoms with van der Waals surface area (Å²) < 4.78 is 11.7. The van der Waals surface area contributed by atoms with Crippen LogP contribution in [0.4, 0.5) is 0 Å². The molecule has 0 radical (unpaired) electrons. The van der Waals surface area contributed by atoms with E-state index in [1.807, 2.05) is 36.4 Å². The zero-order chi connectivity index (χ0) is 19.9. The number of methoxy groups -OCH3 is 1. The summed E-state index contributed by atoms with van der Waals surface area (Å²) in [5, 5.41) is 4.55. The fraction of sp³-hybridized carbons (Fsp3) is 0.238. The normalized spacial score (nSPS) is 11.6. The van der Waals surface area contributed by atoms with E-state index in [0.717, 1.165) is 5.56 Å². The van der Waals surface area contributed by atoms with Gasteiger partial charge in [-0.3, -0.25) is 9.67 Å². The lowest BCUT2D eigenvalue weighted by Gasteiger charge is -2.13. The molecule has 0 unspecified atom stereocenters. The predicted octanol–water partition coefficient (Wildman–Crippen LogP) is 3.10. The molecule has 0 N–H and O–H groups in total. The Balaban J connectivity index is 1.93. The van der Waals surface area contributed by atoms with Gasteiger partial charge in [-0.05, 0) is 24.1 Å². The first-order valence-corrected chi connectivity index (χ1v) is 8.93. The van der Waals surface area contributed by atoms with Crippen molar-refractivity contribution in [3.05, 3.63) is 72.2 Å². The Kier molecular flexibility index (Phi) is 6.16. The van der Waals surface area contributed by atoms with Gasteiger partial charge in [-0.25, -0.2) is 9.59 Å².